The molecule has 44 heteroatoms. The van der Waals surface area contributed by atoms with Crippen molar-refractivity contribution in [2.24, 2.45) is 68.1 Å². The maximum atomic E-state index is 13.9. The fraction of sp³-hybridized carbons (Fsp3) is 0.638. The van der Waals surface area contributed by atoms with Crippen molar-refractivity contribution < 1.29 is 94.0 Å². The van der Waals surface area contributed by atoms with Crippen molar-refractivity contribution >= 4 is 82.8 Å². The van der Waals surface area contributed by atoms with E-state index >= 15 is 0 Å². The molecule has 0 radical (unpaired) electrons. The maximum absolute atomic E-state index is 13.9. The Morgan fingerprint density at radius 1 is 0.315 bits per heavy atom. The molecule has 0 aromatic heterocycles. The predicted molar refractivity (Wildman–Crippen MR) is 558 cm³/mol. The number of nitrogens with zero attached hydrogens (tertiary/aromatic N) is 6. The Labute approximate surface area is 872 Å². The van der Waals surface area contributed by atoms with Crippen LogP contribution < -0.4 is 117 Å². The number of rotatable bonds is 21. The molecule has 4 heterocycles. The number of unbranched alkanes of at least 4 members (excludes halogenated alkanes) is 3. The molecule has 4 aromatic rings. The summed E-state index contributed by atoms with van der Waals surface area (Å²) in [6, 6.07) is 9.93. The molecule has 0 bridgehead atoms. The van der Waals surface area contributed by atoms with Gasteiger partial charge in [0.2, 0.25) is 70.9 Å². The van der Waals surface area contributed by atoms with Gasteiger partial charge in [-0.25, -0.2) is 17.6 Å². The second-order valence-corrected chi connectivity index (χ2v) is 39.6. The van der Waals surface area contributed by atoms with Gasteiger partial charge in [-0.1, -0.05) is 37.1 Å². The van der Waals surface area contributed by atoms with E-state index in [0.29, 0.717) is 204 Å². The van der Waals surface area contributed by atoms with Crippen LogP contribution in [0.5, 0.6) is 23.0 Å². The molecule has 12 atom stereocenters. The lowest BCUT2D eigenvalue weighted by atomic mass is 10.1. The molecule has 4 saturated carbocycles. The van der Waals surface area contributed by atoms with E-state index in [1.54, 1.807) is 80.2 Å². The number of aryl methyl sites for hydroxylation is 4. The molecule has 149 heavy (non-hydrogen) atoms. The molecule has 826 valence electrons. The third kappa shape index (κ3) is 40.5. The molecule has 4 aliphatic heterocycles. The minimum absolute atomic E-state index is 0.00694. The van der Waals surface area contributed by atoms with Gasteiger partial charge in [-0.2, -0.15) is 0 Å². The third-order valence-corrected chi connectivity index (χ3v) is 27.9. The first kappa shape index (κ1) is 120. The quantitative estimate of drug-likeness (QED) is 0.0247. The van der Waals surface area contributed by atoms with Gasteiger partial charge in [0.1, 0.15) is 121 Å². The number of aliphatic imine (C=N–C) groups is 2. The summed E-state index contributed by atoms with van der Waals surface area (Å²) in [5, 5.41) is 36.0. The summed E-state index contributed by atoms with van der Waals surface area (Å²) < 4.78 is 79.0. The van der Waals surface area contributed by atoms with Crippen LogP contribution in [0.2, 0.25) is 0 Å². The van der Waals surface area contributed by atoms with Crippen molar-refractivity contribution in [2.45, 2.75) is 274 Å². The molecule has 0 spiro atoms. The molecule has 24 N–H and O–H groups in total. The largest absolute Gasteiger partial charge is 0.492 e. The number of likely N-dealkylation sites (N-methyl/N-ethyl adjacent to an activating group) is 4. The number of amides is 12. The molecule has 12 rings (SSSR count). The zero-order valence-electron chi connectivity index (χ0n) is 87.8. The topological polar surface area (TPSA) is 580 Å². The lowest BCUT2D eigenvalue weighted by Crippen LogP contribution is -2.56. The molecule has 40 nitrogen and oxygen atoms in total. The number of hydrogen-bond acceptors (Lipinski definition) is 24. The minimum Gasteiger partial charge on any atom is -0.492 e. The Hall–Kier alpha value is -12.3. The fourth-order valence-electron chi connectivity index (χ4n) is 17.7. The van der Waals surface area contributed by atoms with E-state index in [1.165, 1.54) is 68.1 Å². The van der Waals surface area contributed by atoms with Gasteiger partial charge in [0, 0.05) is 118 Å². The predicted octanol–water partition coefficient (Wildman–Crippen LogP) is 2.62. The molecule has 4 fully saturated rings. The number of hydrogen-bond donors (Lipinski definition) is 18. The average Bonchev–Trinajstić information content (AvgIpc) is 1.71. The van der Waals surface area contributed by atoms with Crippen LogP contribution in [0.15, 0.2) is 82.8 Å². The Kier molecular flexibility index (Phi) is 50.4. The van der Waals surface area contributed by atoms with Crippen LogP contribution >= 0.6 is 0 Å². The number of benzene rings is 4. The van der Waals surface area contributed by atoms with Gasteiger partial charge in [-0.3, -0.25) is 67.5 Å². The van der Waals surface area contributed by atoms with Crippen LogP contribution in [0.3, 0.4) is 0 Å². The highest BCUT2D eigenvalue weighted by atomic mass is 19.1. The fourth-order valence-corrected chi connectivity index (χ4v) is 17.7. The van der Waals surface area contributed by atoms with Crippen LogP contribution in [0, 0.1) is 46.9 Å². The van der Waals surface area contributed by atoms with Gasteiger partial charge in [0.05, 0.1) is 24.2 Å². The van der Waals surface area contributed by atoms with E-state index in [4.69, 9.17) is 53.3 Å². The number of guanidine groups is 2. The molecule has 4 aromatic carbocycles. The molecule has 0 unspecified atom stereocenters. The van der Waals surface area contributed by atoms with E-state index in [0.717, 1.165) is 92.9 Å². The van der Waals surface area contributed by atoms with Gasteiger partial charge < -0.3 is 137 Å². The van der Waals surface area contributed by atoms with Crippen LogP contribution in [-0.4, -0.2) is 308 Å². The Morgan fingerprint density at radius 3 is 0.792 bits per heavy atom. The van der Waals surface area contributed by atoms with Crippen molar-refractivity contribution in [1.82, 2.24) is 83.4 Å². The smallest absolute Gasteiger partial charge is 0.243 e. The summed E-state index contributed by atoms with van der Waals surface area (Å²) in [4.78, 5) is 171. The average molecular weight is 2090 g/mol. The molecule has 4 aliphatic carbocycles. The van der Waals surface area contributed by atoms with Gasteiger partial charge in [-0.05, 0) is 271 Å². The standard InChI is InChI=1S/C27H42FN7O4.C27H42FN5O4.C26H40FN7O4.C25H38FN5O4/c1-17-24(36)34-21(7-3-4-12-33-27(29)30)25(37)32-13-5-6-18-10-11-20(28)16-22(18)39-15-14-31-23(19-8-9-19)26(38)35(17)2;1-18-25(34)32-22(8-4-3-5-13-29)26(35)31-14-6-7-19-11-12-21(28)17-23(19)37-16-15-30-24(20-9-10-20)27(36)33(18)2;1-16-23(35)33-20(6-4-12-32-26(28)29)24(36)31-11-3-5-17-9-10-19(27)15-21(17)38-14-13-30-22(18-7-8-18)25(37)34(16)2;1-16-23(32)30-20(6-3-11-27)24(33)29-12-4-5-17-9-10-19(26)15-21(17)35-14-13-28-22(18-7-8-18)25(34)31(16)2/h10-11,16-17,19,21,23,31H,3-9,12-15H2,1-2H3,(H,32,37)(H,34,36)(H4,29,30,33);11-12,17-18,20,22,24,30H,3-10,13-16,29H2,1-2H3,(H,31,35)(H,32,34);9-10,15-16,18,20,22,30H,3-8,11-14H2,1-2H3,(H,31,36)(H,33,35)(H4,28,29,32);9-10,15-16,18,20,22,28H,3-8,11-14,27H2,1-2H3,(H,29,33)(H,30,32)/t17-,21-,23+;18-,22-,24+;2*16-,20-,22+/m1111/s1. The first-order valence-electron chi connectivity index (χ1n) is 53.0. The van der Waals surface area contributed by atoms with Gasteiger partial charge in [0.25, 0.3) is 0 Å². The Bertz CT molecular complexity index is 5090. The van der Waals surface area contributed by atoms with Gasteiger partial charge >= 0.3 is 0 Å². The van der Waals surface area contributed by atoms with E-state index in [2.05, 4.69) is 73.8 Å². The zero-order valence-corrected chi connectivity index (χ0v) is 87.8. The second-order valence-electron chi connectivity index (χ2n) is 39.6. The van der Waals surface area contributed by atoms with Crippen LogP contribution in [0.1, 0.15) is 198 Å². The van der Waals surface area contributed by atoms with Crippen molar-refractivity contribution in [3.8, 4) is 23.0 Å². The van der Waals surface area contributed by atoms with Crippen molar-refractivity contribution in [3.05, 3.63) is 118 Å². The third-order valence-electron chi connectivity index (χ3n) is 27.9. The van der Waals surface area contributed by atoms with Crippen molar-refractivity contribution in [3.63, 3.8) is 0 Å². The lowest BCUT2D eigenvalue weighted by Gasteiger charge is -2.30. The highest BCUT2D eigenvalue weighted by Crippen LogP contribution is 2.38. The normalized spacial score (nSPS) is 24.6. The molecule has 12 amide bonds. The summed E-state index contributed by atoms with van der Waals surface area (Å²) in [5.41, 5.74) is 36.1. The molecule has 0 saturated heterocycles. The first-order chi connectivity index (χ1) is 71.5. The minimum atomic E-state index is -0.816. The summed E-state index contributed by atoms with van der Waals surface area (Å²) in [6.45, 7) is 12.5. The summed E-state index contributed by atoms with van der Waals surface area (Å²) in [6.07, 6.45) is 18.6. The van der Waals surface area contributed by atoms with Crippen molar-refractivity contribution in [2.75, 3.05) is 133 Å². The number of nitrogens with one attached hydrogen (secondary N) is 12. The first-order valence-corrected chi connectivity index (χ1v) is 53.0. The number of nitrogens with two attached hydrogens (primary N) is 6. The monoisotopic (exact) mass is 2090 g/mol. The highest BCUT2D eigenvalue weighted by Gasteiger charge is 2.45. The lowest BCUT2D eigenvalue weighted by molar-refractivity contribution is -0.141. The highest BCUT2D eigenvalue weighted by molar-refractivity contribution is 5.96. The SMILES string of the molecule is C[C@@H]1C(=O)N[C@H](CCCCCN)C(=O)NCCCc2ccc(F)cc2OCCN[C@@H](C2CC2)C(=O)N1C.C[C@@H]1C(=O)N[C@H](CCCCN=C(N)N)C(=O)NCCCc2ccc(F)cc2OCCN[C@@H](C2CC2)C(=O)N1C.C[C@@H]1C(=O)N[C@H](CCCN)C(=O)NCCCc2ccc(F)cc2OCCN[C@@H](C2CC2)C(=O)N1C.C[C@@H]1C(=O)N[C@H](CCCN=C(N)N)C(=O)NCCCc2ccc(F)cc2OCCN[C@@H](C2CC2)C(=O)N1C. The second kappa shape index (κ2) is 62.4. The molecule has 8 aliphatic rings. The number of ether oxygens (including phenoxy) is 4. The van der Waals surface area contributed by atoms with Crippen LogP contribution in [-0.2, 0) is 83.2 Å². The summed E-state index contributed by atoms with van der Waals surface area (Å²) >= 11 is 0. The maximum Gasteiger partial charge on any atom is 0.243 e. The van der Waals surface area contributed by atoms with E-state index in [-0.39, 0.29) is 133 Å². The van der Waals surface area contributed by atoms with E-state index in [1.807, 2.05) is 0 Å². The number of halogens is 4. The van der Waals surface area contributed by atoms with Crippen molar-refractivity contribution in [1.29, 1.82) is 0 Å². The zero-order chi connectivity index (χ0) is 108. The molecular weight excluding hydrogens is 1930 g/mol. The van der Waals surface area contributed by atoms with E-state index < -0.39 is 96.0 Å². The summed E-state index contributed by atoms with van der Waals surface area (Å²) in [5.74, 6) is -2.42. The van der Waals surface area contributed by atoms with E-state index in [9.17, 15) is 75.1 Å². The van der Waals surface area contributed by atoms with Crippen LogP contribution in [0.4, 0.5) is 17.6 Å². The Morgan fingerprint density at radius 2 is 0.550 bits per heavy atom. The summed E-state index contributed by atoms with van der Waals surface area (Å²) in [7, 11) is 6.41. The Balaban J connectivity index is 0.000000221. The number of fused-ring (bicyclic) bond motifs is 4. The number of carbonyl (C=O) groups is 12. The molecular formula is C105H162F4N24O16. The van der Waals surface area contributed by atoms with Gasteiger partial charge in [-0.15, -0.1) is 0 Å². The van der Waals surface area contributed by atoms with Gasteiger partial charge in [0.15, 0.2) is 11.9 Å². The number of carbonyl (C=O) groups excluding carboxylic acids is 12. The van der Waals surface area contributed by atoms with Crippen LogP contribution in [0.25, 0.3) is 0 Å².